The van der Waals surface area contributed by atoms with E-state index in [1.807, 2.05) is 18.2 Å². The molecule has 1 aromatic rings. The minimum absolute atomic E-state index is 0. The van der Waals surface area contributed by atoms with Crippen LogP contribution in [0.3, 0.4) is 0 Å². The molecule has 0 aliphatic rings. The maximum atomic E-state index is 9.86. The lowest BCUT2D eigenvalue weighted by molar-refractivity contribution is 0.132. The van der Waals surface area contributed by atoms with Crippen molar-refractivity contribution in [3.63, 3.8) is 0 Å². The van der Waals surface area contributed by atoms with Crippen molar-refractivity contribution >= 4 is 24.8 Å². The van der Waals surface area contributed by atoms with Crippen LogP contribution in [0.25, 0.3) is 0 Å². The van der Waals surface area contributed by atoms with Crippen molar-refractivity contribution in [3.05, 3.63) is 35.9 Å². The lowest BCUT2D eigenvalue weighted by Gasteiger charge is -2.20. The third kappa shape index (κ3) is 9.25. The van der Waals surface area contributed by atoms with Crippen LogP contribution in [0.4, 0.5) is 0 Å². The molecule has 0 spiro atoms. The lowest BCUT2D eigenvalue weighted by Crippen LogP contribution is -2.42. The van der Waals surface area contributed by atoms with E-state index in [1.54, 1.807) is 0 Å². The number of hydrogen-bond acceptors (Lipinski definition) is 3. The van der Waals surface area contributed by atoms with Crippen LogP contribution in [-0.4, -0.2) is 23.8 Å². The molecule has 1 aromatic carbocycles. The molecular formula is C14H26Cl2N2O. The molecule has 4 N–H and O–H groups in total. The quantitative estimate of drug-likeness (QED) is 0.725. The first kappa shape index (κ1) is 21.0. The molecular weight excluding hydrogens is 283 g/mol. The van der Waals surface area contributed by atoms with E-state index in [-0.39, 0.29) is 30.9 Å². The molecule has 112 valence electrons. The van der Waals surface area contributed by atoms with Crippen LogP contribution in [-0.2, 0) is 6.54 Å². The molecule has 0 saturated carbocycles. The third-order valence-electron chi connectivity index (χ3n) is 2.76. The highest BCUT2D eigenvalue weighted by atomic mass is 35.5. The van der Waals surface area contributed by atoms with Crippen molar-refractivity contribution < 1.29 is 5.11 Å². The molecule has 19 heavy (non-hydrogen) atoms. The molecule has 0 amide bonds. The van der Waals surface area contributed by atoms with Crippen molar-refractivity contribution in [2.45, 2.75) is 39.0 Å². The molecule has 0 radical (unpaired) electrons. The molecule has 1 rings (SSSR count). The summed E-state index contributed by atoms with van der Waals surface area (Å²) in [5.74, 6) is 0.522. The normalized spacial score (nSPS) is 13.3. The van der Waals surface area contributed by atoms with Gasteiger partial charge in [-0.15, -0.1) is 24.8 Å². The van der Waals surface area contributed by atoms with Gasteiger partial charge in [-0.05, 0) is 17.9 Å². The summed E-state index contributed by atoms with van der Waals surface area (Å²) in [6, 6.07) is 10.0. The van der Waals surface area contributed by atoms with E-state index < -0.39 is 6.10 Å². The molecule has 0 heterocycles. The smallest absolute Gasteiger partial charge is 0.0815 e. The van der Waals surface area contributed by atoms with E-state index in [2.05, 4.69) is 31.3 Å². The summed E-state index contributed by atoms with van der Waals surface area (Å²) in [6.45, 7) is 5.54. The average molecular weight is 309 g/mol. The monoisotopic (exact) mass is 308 g/mol. The predicted molar refractivity (Wildman–Crippen MR) is 86.1 cm³/mol. The molecule has 2 atom stereocenters. The highest BCUT2D eigenvalue weighted by Crippen LogP contribution is 2.06. The molecule has 0 bridgehead atoms. The van der Waals surface area contributed by atoms with Gasteiger partial charge >= 0.3 is 0 Å². The van der Waals surface area contributed by atoms with E-state index in [1.165, 1.54) is 5.56 Å². The van der Waals surface area contributed by atoms with Gasteiger partial charge in [0.25, 0.3) is 0 Å². The van der Waals surface area contributed by atoms with Gasteiger partial charge in [-0.25, -0.2) is 0 Å². The second-order valence-corrected chi connectivity index (χ2v) is 4.98. The van der Waals surface area contributed by atoms with E-state index in [0.717, 1.165) is 13.0 Å². The first-order valence-corrected chi connectivity index (χ1v) is 6.28. The fourth-order valence-electron chi connectivity index (χ4n) is 1.81. The Labute approximate surface area is 128 Å². The Bertz CT molecular complexity index is 310. The van der Waals surface area contributed by atoms with Crippen molar-refractivity contribution in [2.24, 2.45) is 11.7 Å². The maximum absolute atomic E-state index is 9.86. The minimum Gasteiger partial charge on any atom is -0.390 e. The number of halogens is 2. The van der Waals surface area contributed by atoms with Gasteiger partial charge in [0.05, 0.1) is 6.10 Å². The van der Waals surface area contributed by atoms with Crippen LogP contribution < -0.4 is 11.1 Å². The molecule has 0 aliphatic carbocycles. The van der Waals surface area contributed by atoms with Crippen molar-refractivity contribution in [1.29, 1.82) is 0 Å². The number of nitrogens with two attached hydrogens (primary N) is 1. The Morgan fingerprint density at radius 1 is 1.16 bits per heavy atom. The highest BCUT2D eigenvalue weighted by Gasteiger charge is 2.15. The minimum atomic E-state index is -0.471. The predicted octanol–water partition coefficient (Wildman–Crippen LogP) is 2.35. The van der Waals surface area contributed by atoms with Gasteiger partial charge in [-0.2, -0.15) is 0 Å². The Morgan fingerprint density at radius 3 is 2.26 bits per heavy atom. The number of aliphatic hydroxyl groups excluding tert-OH is 1. The van der Waals surface area contributed by atoms with E-state index >= 15 is 0 Å². The summed E-state index contributed by atoms with van der Waals surface area (Å²) >= 11 is 0. The summed E-state index contributed by atoms with van der Waals surface area (Å²) in [4.78, 5) is 0. The van der Waals surface area contributed by atoms with Gasteiger partial charge < -0.3 is 16.2 Å². The van der Waals surface area contributed by atoms with Gasteiger partial charge in [0.15, 0.2) is 0 Å². The zero-order valence-electron chi connectivity index (χ0n) is 11.6. The van der Waals surface area contributed by atoms with E-state index in [9.17, 15) is 5.11 Å². The number of nitrogens with one attached hydrogen (secondary N) is 1. The zero-order chi connectivity index (χ0) is 12.7. The number of benzene rings is 1. The van der Waals surface area contributed by atoms with Crippen LogP contribution in [0.5, 0.6) is 0 Å². The zero-order valence-corrected chi connectivity index (χ0v) is 13.2. The molecule has 5 heteroatoms. The lowest BCUT2D eigenvalue weighted by atomic mass is 10.00. The fraction of sp³-hybridized carbons (Fsp3) is 0.571. The van der Waals surface area contributed by atoms with Crippen LogP contribution >= 0.6 is 24.8 Å². The largest absolute Gasteiger partial charge is 0.390 e. The summed E-state index contributed by atoms with van der Waals surface area (Å²) in [6.07, 6.45) is 0.384. The van der Waals surface area contributed by atoms with Crippen LogP contribution in [0.15, 0.2) is 30.3 Å². The van der Waals surface area contributed by atoms with Crippen molar-refractivity contribution in [2.75, 3.05) is 6.54 Å². The van der Waals surface area contributed by atoms with Gasteiger partial charge in [0.1, 0.15) is 0 Å². The van der Waals surface area contributed by atoms with Crippen LogP contribution in [0.1, 0.15) is 25.8 Å². The summed E-state index contributed by atoms with van der Waals surface area (Å²) in [7, 11) is 0. The Balaban J connectivity index is 0. The SMILES string of the molecule is CC(C)C[C@H](N)C(O)CNCc1ccccc1.Cl.Cl. The summed E-state index contributed by atoms with van der Waals surface area (Å²) in [5, 5.41) is 13.1. The molecule has 0 aromatic heterocycles. The molecule has 0 aliphatic heterocycles. The van der Waals surface area contributed by atoms with E-state index in [4.69, 9.17) is 5.73 Å². The first-order valence-electron chi connectivity index (χ1n) is 6.28. The second kappa shape index (κ2) is 11.5. The third-order valence-corrected chi connectivity index (χ3v) is 2.76. The van der Waals surface area contributed by atoms with Crippen LogP contribution in [0, 0.1) is 5.92 Å². The standard InChI is InChI=1S/C14H24N2O.2ClH/c1-11(2)8-13(15)14(17)10-16-9-12-6-4-3-5-7-12;;/h3-7,11,13-14,16-17H,8-10,15H2,1-2H3;2*1H/t13-,14?;;/m0../s1. The van der Waals surface area contributed by atoms with Crippen LogP contribution in [0.2, 0.25) is 0 Å². The number of hydrogen-bond donors (Lipinski definition) is 3. The summed E-state index contributed by atoms with van der Waals surface area (Å²) in [5.41, 5.74) is 7.13. The maximum Gasteiger partial charge on any atom is 0.0815 e. The summed E-state index contributed by atoms with van der Waals surface area (Å²) < 4.78 is 0. The Hall–Kier alpha value is -0.320. The topological polar surface area (TPSA) is 58.3 Å². The Kier molecular flexibility index (Phi) is 12.7. The van der Waals surface area contributed by atoms with Crippen molar-refractivity contribution in [1.82, 2.24) is 5.32 Å². The molecule has 0 saturated heterocycles. The Morgan fingerprint density at radius 2 is 1.74 bits per heavy atom. The van der Waals surface area contributed by atoms with E-state index in [0.29, 0.717) is 12.5 Å². The van der Waals surface area contributed by atoms with Gasteiger partial charge in [0, 0.05) is 19.1 Å². The second-order valence-electron chi connectivity index (χ2n) is 4.98. The van der Waals surface area contributed by atoms with Crippen molar-refractivity contribution in [3.8, 4) is 0 Å². The molecule has 0 fully saturated rings. The average Bonchev–Trinajstić information content (AvgIpc) is 2.29. The number of rotatable bonds is 7. The van der Waals surface area contributed by atoms with Gasteiger partial charge in [0.2, 0.25) is 0 Å². The van der Waals surface area contributed by atoms with Gasteiger partial charge in [-0.1, -0.05) is 44.2 Å². The molecule has 3 nitrogen and oxygen atoms in total. The first-order chi connectivity index (χ1) is 8.09. The number of aliphatic hydroxyl groups is 1. The highest BCUT2D eigenvalue weighted by molar-refractivity contribution is 5.85. The fourth-order valence-corrected chi connectivity index (χ4v) is 1.81. The van der Waals surface area contributed by atoms with Gasteiger partial charge in [-0.3, -0.25) is 0 Å². The molecule has 1 unspecified atom stereocenters.